The summed E-state index contributed by atoms with van der Waals surface area (Å²) < 4.78 is 22.3. The van der Waals surface area contributed by atoms with Gasteiger partial charge in [0.1, 0.15) is 5.75 Å². The van der Waals surface area contributed by atoms with Crippen LogP contribution in [-0.4, -0.2) is 5.11 Å². The van der Waals surface area contributed by atoms with E-state index in [1.54, 1.807) is 12.1 Å². The Labute approximate surface area is 112 Å². The highest BCUT2D eigenvalue weighted by molar-refractivity contribution is 7.34. The van der Waals surface area contributed by atoms with E-state index >= 15 is 0 Å². The van der Waals surface area contributed by atoms with E-state index in [0.717, 1.165) is 11.1 Å². The Hall–Kier alpha value is -2.06. The molecule has 0 aromatic heterocycles. The van der Waals surface area contributed by atoms with Crippen molar-refractivity contribution in [3.8, 4) is 17.2 Å². The smallest absolute Gasteiger partial charge is 0.508 e. The second-order valence-corrected chi connectivity index (χ2v) is 4.94. The lowest BCUT2D eigenvalue weighted by atomic mass is 10.1. The van der Waals surface area contributed by atoms with Crippen LogP contribution in [0.2, 0.25) is 0 Å². The predicted molar refractivity (Wildman–Crippen MR) is 72.9 cm³/mol. The number of aromatic hydroxyl groups is 1. The van der Waals surface area contributed by atoms with E-state index in [1.165, 1.54) is 12.1 Å². The van der Waals surface area contributed by atoms with Gasteiger partial charge in [-0.05, 0) is 37.1 Å². The number of hydrogen-bond acceptors (Lipinski definition) is 4. The largest absolute Gasteiger partial charge is 0.805 e. The van der Waals surface area contributed by atoms with Gasteiger partial charge in [-0.25, -0.2) is 9.05 Å². The van der Waals surface area contributed by atoms with Crippen LogP contribution in [0.1, 0.15) is 11.1 Å². The van der Waals surface area contributed by atoms with E-state index in [1.807, 2.05) is 32.0 Å². The first kappa shape index (κ1) is 13.4. The Bertz CT molecular complexity index is 590. The van der Waals surface area contributed by atoms with Gasteiger partial charge in [-0.15, -0.1) is 0 Å². The fourth-order valence-electron chi connectivity index (χ4n) is 1.66. The number of phenolic OH excluding ortho intramolecular Hbond substituents is 1. The maximum Gasteiger partial charge on any atom is 0.805 e. The van der Waals surface area contributed by atoms with Crippen LogP contribution in [0.25, 0.3) is 0 Å². The molecule has 1 unspecified atom stereocenters. The van der Waals surface area contributed by atoms with E-state index in [2.05, 4.69) is 0 Å². The molecule has 5 heteroatoms. The van der Waals surface area contributed by atoms with Gasteiger partial charge >= 0.3 is 8.25 Å². The van der Waals surface area contributed by atoms with Crippen LogP contribution >= 0.6 is 8.25 Å². The lowest BCUT2D eigenvalue weighted by molar-refractivity contribution is 0.411. The summed E-state index contributed by atoms with van der Waals surface area (Å²) in [5, 5.41) is 9.29. The second-order valence-electron chi connectivity index (χ2n) is 4.12. The average molecular weight is 277 g/mol. The number of rotatable bonds is 4. The van der Waals surface area contributed by atoms with Crippen LogP contribution < -0.4 is 9.05 Å². The van der Waals surface area contributed by atoms with Gasteiger partial charge in [0.05, 0.1) is 0 Å². The van der Waals surface area contributed by atoms with Crippen LogP contribution in [0.4, 0.5) is 0 Å². The van der Waals surface area contributed by atoms with Crippen molar-refractivity contribution in [2.75, 3.05) is 0 Å². The predicted octanol–water partition coefficient (Wildman–Crippen LogP) is 4.12. The van der Waals surface area contributed by atoms with Gasteiger partial charge in [0.15, 0.2) is 11.5 Å². The van der Waals surface area contributed by atoms with E-state index in [0.29, 0.717) is 11.5 Å². The molecule has 2 aromatic rings. The molecule has 19 heavy (non-hydrogen) atoms. The number of hydrogen-bond donors (Lipinski definition) is 1. The summed E-state index contributed by atoms with van der Waals surface area (Å²) in [5.41, 5.74) is 1.78. The van der Waals surface area contributed by atoms with Crippen molar-refractivity contribution in [3.63, 3.8) is 0 Å². The lowest BCUT2D eigenvalue weighted by Gasteiger charge is -2.02. The monoisotopic (exact) mass is 277 g/mol. The Morgan fingerprint density at radius 3 is 2.26 bits per heavy atom. The van der Waals surface area contributed by atoms with Crippen LogP contribution in [0, 0.1) is 13.8 Å². The fourth-order valence-corrected chi connectivity index (χ4v) is 2.42. The standard InChI is InChI=1S/C14H13O4P/c1-10-5-3-6-11(2)14(10)18-19(16)17-13-8-4-7-12(15)9-13/h3-9H,1-2H3/p+1. The van der Waals surface area contributed by atoms with Crippen molar-refractivity contribution >= 4 is 8.25 Å². The zero-order valence-electron chi connectivity index (χ0n) is 10.7. The van der Waals surface area contributed by atoms with Gasteiger partial charge < -0.3 is 5.11 Å². The molecule has 2 aromatic carbocycles. The third-order valence-corrected chi connectivity index (χ3v) is 3.26. The summed E-state index contributed by atoms with van der Waals surface area (Å²) in [4.78, 5) is 0. The molecule has 0 aliphatic rings. The molecule has 1 atom stereocenters. The highest BCUT2D eigenvalue weighted by atomic mass is 31.1. The topological polar surface area (TPSA) is 55.8 Å². The quantitative estimate of drug-likeness (QED) is 0.854. The van der Waals surface area contributed by atoms with Crippen LogP contribution in [-0.2, 0) is 4.57 Å². The molecular formula is C14H14O4P+. The highest BCUT2D eigenvalue weighted by Gasteiger charge is 2.26. The number of phenols is 1. The van der Waals surface area contributed by atoms with E-state index in [4.69, 9.17) is 9.05 Å². The Balaban J connectivity index is 2.10. The molecule has 0 fully saturated rings. The third-order valence-electron chi connectivity index (χ3n) is 2.57. The van der Waals surface area contributed by atoms with Crippen LogP contribution in [0.5, 0.6) is 17.2 Å². The minimum atomic E-state index is -2.34. The highest BCUT2D eigenvalue weighted by Crippen LogP contribution is 2.35. The zero-order chi connectivity index (χ0) is 13.8. The summed E-state index contributed by atoms with van der Waals surface area (Å²) >= 11 is 0. The molecule has 0 saturated carbocycles. The van der Waals surface area contributed by atoms with Crippen molar-refractivity contribution in [1.82, 2.24) is 0 Å². The fraction of sp³-hybridized carbons (Fsp3) is 0.143. The minimum Gasteiger partial charge on any atom is -0.508 e. The average Bonchev–Trinajstić information content (AvgIpc) is 2.34. The first-order valence-electron chi connectivity index (χ1n) is 5.74. The van der Waals surface area contributed by atoms with Crippen molar-refractivity contribution < 1.29 is 18.7 Å². The number of benzene rings is 2. The molecule has 0 heterocycles. The first-order valence-corrected chi connectivity index (χ1v) is 6.84. The molecule has 0 saturated heterocycles. The van der Waals surface area contributed by atoms with Crippen molar-refractivity contribution in [2.45, 2.75) is 13.8 Å². The summed E-state index contributed by atoms with van der Waals surface area (Å²) in [5.74, 6) is 0.907. The first-order chi connectivity index (χ1) is 9.06. The summed E-state index contributed by atoms with van der Waals surface area (Å²) in [6.07, 6.45) is 0. The minimum absolute atomic E-state index is 0.0490. The normalized spacial score (nSPS) is 10.9. The van der Waals surface area contributed by atoms with Gasteiger partial charge in [0.25, 0.3) is 0 Å². The van der Waals surface area contributed by atoms with Gasteiger partial charge in [-0.3, -0.25) is 0 Å². The molecule has 0 radical (unpaired) electrons. The van der Waals surface area contributed by atoms with E-state index in [-0.39, 0.29) is 5.75 Å². The molecule has 0 bridgehead atoms. The molecule has 4 nitrogen and oxygen atoms in total. The van der Waals surface area contributed by atoms with E-state index in [9.17, 15) is 9.67 Å². The van der Waals surface area contributed by atoms with E-state index < -0.39 is 8.25 Å². The second kappa shape index (κ2) is 5.72. The molecule has 0 aliphatic heterocycles. The molecule has 0 spiro atoms. The summed E-state index contributed by atoms with van der Waals surface area (Å²) in [7, 11) is -2.34. The molecule has 2 rings (SSSR count). The SMILES string of the molecule is Cc1cccc(C)c1O[P+](=O)Oc1cccc(O)c1. The molecular weight excluding hydrogens is 263 g/mol. The van der Waals surface area contributed by atoms with Crippen molar-refractivity contribution in [2.24, 2.45) is 0 Å². The summed E-state index contributed by atoms with van der Waals surface area (Å²) in [6, 6.07) is 11.7. The van der Waals surface area contributed by atoms with Crippen molar-refractivity contribution in [3.05, 3.63) is 53.6 Å². The Morgan fingerprint density at radius 1 is 1.00 bits per heavy atom. The Kier molecular flexibility index (Phi) is 4.03. The maximum atomic E-state index is 11.8. The lowest BCUT2D eigenvalue weighted by Crippen LogP contribution is -1.93. The van der Waals surface area contributed by atoms with Gasteiger partial charge in [-0.2, -0.15) is 0 Å². The summed E-state index contributed by atoms with van der Waals surface area (Å²) in [6.45, 7) is 3.75. The molecule has 1 N–H and O–H groups in total. The van der Waals surface area contributed by atoms with Crippen LogP contribution in [0.3, 0.4) is 0 Å². The maximum absolute atomic E-state index is 11.8. The molecule has 0 amide bonds. The van der Waals surface area contributed by atoms with Crippen LogP contribution in [0.15, 0.2) is 42.5 Å². The third kappa shape index (κ3) is 3.46. The zero-order valence-corrected chi connectivity index (χ0v) is 11.6. The van der Waals surface area contributed by atoms with Gasteiger partial charge in [0.2, 0.25) is 0 Å². The van der Waals surface area contributed by atoms with Crippen molar-refractivity contribution in [1.29, 1.82) is 0 Å². The molecule has 0 aliphatic carbocycles. The Morgan fingerprint density at radius 2 is 1.63 bits per heavy atom. The van der Waals surface area contributed by atoms with Gasteiger partial charge in [-0.1, -0.05) is 24.3 Å². The van der Waals surface area contributed by atoms with Gasteiger partial charge in [0, 0.05) is 10.6 Å². The number of para-hydroxylation sites is 1. The number of aryl methyl sites for hydroxylation is 2. The molecule has 98 valence electrons.